The Morgan fingerprint density at radius 1 is 1.36 bits per heavy atom. The molecule has 0 fully saturated rings. The maximum Gasteiger partial charge on any atom is 0.419 e. The van der Waals surface area contributed by atoms with Crippen molar-refractivity contribution in [1.82, 2.24) is 0 Å². The number of methoxy groups -OCH3 is 1. The maximum absolute atomic E-state index is 13.2. The Labute approximate surface area is 126 Å². The van der Waals surface area contributed by atoms with Crippen molar-refractivity contribution in [2.24, 2.45) is 0 Å². The minimum Gasteiger partial charge on any atom is -0.496 e. The molecule has 0 spiro atoms. The molecule has 4 nitrogen and oxygen atoms in total. The van der Waals surface area contributed by atoms with Crippen LogP contribution < -0.4 is 4.74 Å². The zero-order valence-corrected chi connectivity index (χ0v) is 12.3. The molecule has 2 rings (SSSR count). The van der Waals surface area contributed by atoms with Gasteiger partial charge in [0.05, 0.1) is 32.5 Å². The van der Waals surface area contributed by atoms with Gasteiger partial charge in [-0.2, -0.15) is 13.2 Å². The lowest BCUT2D eigenvalue weighted by Crippen LogP contribution is -2.16. The SMILES string of the molecule is COc1cc2c(cc1C(F)(F)F)C(COCCO)OCCC2. The number of ether oxygens (including phenoxy) is 3. The van der Waals surface area contributed by atoms with Crippen molar-refractivity contribution >= 4 is 0 Å². The highest BCUT2D eigenvalue weighted by Gasteiger charge is 2.36. The van der Waals surface area contributed by atoms with E-state index >= 15 is 0 Å². The molecule has 1 aromatic rings. The quantitative estimate of drug-likeness (QED) is 0.848. The molecule has 0 amide bonds. The van der Waals surface area contributed by atoms with Crippen LogP contribution in [-0.4, -0.2) is 38.6 Å². The average molecular weight is 320 g/mol. The molecule has 1 N–H and O–H groups in total. The number of fused-ring (bicyclic) bond motifs is 1. The third-order valence-electron chi connectivity index (χ3n) is 3.53. The van der Waals surface area contributed by atoms with Gasteiger partial charge in [-0.3, -0.25) is 0 Å². The summed E-state index contributed by atoms with van der Waals surface area (Å²) in [5.74, 6) is -0.178. The second-order valence-electron chi connectivity index (χ2n) is 5.01. The van der Waals surface area contributed by atoms with Crippen LogP contribution in [-0.2, 0) is 22.1 Å². The van der Waals surface area contributed by atoms with Gasteiger partial charge >= 0.3 is 6.18 Å². The molecule has 7 heteroatoms. The Morgan fingerprint density at radius 3 is 2.77 bits per heavy atom. The number of rotatable bonds is 5. The molecule has 1 aliphatic rings. The van der Waals surface area contributed by atoms with E-state index in [9.17, 15) is 13.2 Å². The summed E-state index contributed by atoms with van der Waals surface area (Å²) in [5, 5.41) is 8.73. The monoisotopic (exact) mass is 320 g/mol. The lowest BCUT2D eigenvalue weighted by Gasteiger charge is -2.21. The third kappa shape index (κ3) is 3.91. The van der Waals surface area contributed by atoms with Crippen molar-refractivity contribution in [3.63, 3.8) is 0 Å². The summed E-state index contributed by atoms with van der Waals surface area (Å²) < 4.78 is 55.2. The number of aliphatic hydroxyl groups is 1. The maximum atomic E-state index is 13.2. The van der Waals surface area contributed by atoms with E-state index in [0.29, 0.717) is 18.6 Å². The second-order valence-corrected chi connectivity index (χ2v) is 5.01. The fourth-order valence-electron chi connectivity index (χ4n) is 2.52. The Hall–Kier alpha value is -1.31. The van der Waals surface area contributed by atoms with Crippen molar-refractivity contribution in [2.45, 2.75) is 25.1 Å². The Bertz CT molecular complexity index is 502. The first-order valence-corrected chi connectivity index (χ1v) is 7.05. The van der Waals surface area contributed by atoms with E-state index < -0.39 is 17.8 Å². The van der Waals surface area contributed by atoms with Gasteiger partial charge in [0.1, 0.15) is 11.9 Å². The van der Waals surface area contributed by atoms with Gasteiger partial charge in [0.2, 0.25) is 0 Å². The van der Waals surface area contributed by atoms with Crippen LogP contribution in [0.15, 0.2) is 12.1 Å². The molecule has 0 aromatic heterocycles. The lowest BCUT2D eigenvalue weighted by molar-refractivity contribution is -0.138. The van der Waals surface area contributed by atoms with Gasteiger partial charge in [-0.15, -0.1) is 0 Å². The molecule has 0 saturated carbocycles. The molecule has 0 aliphatic carbocycles. The van der Waals surface area contributed by atoms with Gasteiger partial charge in [0.15, 0.2) is 0 Å². The summed E-state index contributed by atoms with van der Waals surface area (Å²) in [6.07, 6.45) is -3.72. The van der Waals surface area contributed by atoms with E-state index in [4.69, 9.17) is 19.3 Å². The molecule has 1 unspecified atom stereocenters. The fourth-order valence-corrected chi connectivity index (χ4v) is 2.52. The van der Waals surface area contributed by atoms with Crippen molar-refractivity contribution in [3.8, 4) is 5.75 Å². The Morgan fingerprint density at radius 2 is 2.14 bits per heavy atom. The van der Waals surface area contributed by atoms with Crippen LogP contribution in [0.5, 0.6) is 5.75 Å². The fraction of sp³-hybridized carbons (Fsp3) is 0.600. The summed E-state index contributed by atoms with van der Waals surface area (Å²) >= 11 is 0. The first-order chi connectivity index (χ1) is 10.5. The van der Waals surface area contributed by atoms with Crippen LogP contribution in [0, 0.1) is 0 Å². The van der Waals surface area contributed by atoms with E-state index in [-0.39, 0.29) is 25.6 Å². The standard InChI is InChI=1S/C15H19F3O4/c1-20-13-7-10-3-2-5-22-14(9-21-6-4-19)11(10)8-12(13)15(16,17)18/h7-8,14,19H,2-6,9H2,1H3. The number of alkyl halides is 3. The normalized spacial score (nSPS) is 18.7. The van der Waals surface area contributed by atoms with Crippen LogP contribution in [0.3, 0.4) is 0 Å². The molecule has 1 heterocycles. The van der Waals surface area contributed by atoms with Gasteiger partial charge in [-0.25, -0.2) is 0 Å². The highest BCUT2D eigenvalue weighted by Crippen LogP contribution is 2.40. The number of halogens is 3. The van der Waals surface area contributed by atoms with Crippen LogP contribution in [0.2, 0.25) is 0 Å². The van der Waals surface area contributed by atoms with Gasteiger partial charge in [-0.1, -0.05) is 0 Å². The highest BCUT2D eigenvalue weighted by atomic mass is 19.4. The van der Waals surface area contributed by atoms with Crippen LogP contribution >= 0.6 is 0 Å². The van der Waals surface area contributed by atoms with E-state index in [1.807, 2.05) is 0 Å². The zero-order valence-electron chi connectivity index (χ0n) is 12.3. The molecule has 1 aromatic carbocycles. The predicted molar refractivity (Wildman–Crippen MR) is 72.9 cm³/mol. The zero-order chi connectivity index (χ0) is 16.2. The molecular weight excluding hydrogens is 301 g/mol. The molecule has 22 heavy (non-hydrogen) atoms. The average Bonchev–Trinajstić information content (AvgIpc) is 2.67. The molecule has 0 radical (unpaired) electrons. The van der Waals surface area contributed by atoms with Crippen LogP contribution in [0.25, 0.3) is 0 Å². The van der Waals surface area contributed by atoms with Crippen molar-refractivity contribution < 1.29 is 32.5 Å². The van der Waals surface area contributed by atoms with E-state index in [1.165, 1.54) is 13.2 Å². The van der Waals surface area contributed by atoms with Crippen molar-refractivity contribution in [1.29, 1.82) is 0 Å². The lowest BCUT2D eigenvalue weighted by atomic mass is 9.96. The first kappa shape index (κ1) is 17.1. The van der Waals surface area contributed by atoms with Gasteiger partial charge < -0.3 is 19.3 Å². The predicted octanol–water partition coefficient (Wildman–Crippen LogP) is 2.73. The first-order valence-electron chi connectivity index (χ1n) is 7.05. The topological polar surface area (TPSA) is 47.9 Å². The summed E-state index contributed by atoms with van der Waals surface area (Å²) in [4.78, 5) is 0. The number of aryl methyl sites for hydroxylation is 1. The molecule has 1 aliphatic heterocycles. The highest BCUT2D eigenvalue weighted by molar-refractivity contribution is 5.45. The molecule has 1 atom stereocenters. The number of hydrogen-bond donors (Lipinski definition) is 1. The number of benzene rings is 1. The molecule has 0 saturated heterocycles. The van der Waals surface area contributed by atoms with Crippen molar-refractivity contribution in [2.75, 3.05) is 33.5 Å². The van der Waals surface area contributed by atoms with Crippen LogP contribution in [0.1, 0.15) is 29.2 Å². The van der Waals surface area contributed by atoms with Gasteiger partial charge in [-0.05, 0) is 36.1 Å². The smallest absolute Gasteiger partial charge is 0.419 e. The van der Waals surface area contributed by atoms with Crippen molar-refractivity contribution in [3.05, 3.63) is 28.8 Å². The minimum atomic E-state index is -4.50. The minimum absolute atomic E-state index is 0.108. The summed E-state index contributed by atoms with van der Waals surface area (Å²) in [5.41, 5.74) is 0.440. The summed E-state index contributed by atoms with van der Waals surface area (Å²) in [7, 11) is 1.23. The summed E-state index contributed by atoms with van der Waals surface area (Å²) in [6, 6.07) is 2.53. The third-order valence-corrected chi connectivity index (χ3v) is 3.53. The molecule has 0 bridgehead atoms. The summed E-state index contributed by atoms with van der Waals surface area (Å²) in [6.45, 7) is 0.538. The van der Waals surface area contributed by atoms with Gasteiger partial charge in [0, 0.05) is 6.61 Å². The largest absolute Gasteiger partial charge is 0.496 e. The van der Waals surface area contributed by atoms with Gasteiger partial charge in [0.25, 0.3) is 0 Å². The van der Waals surface area contributed by atoms with E-state index in [2.05, 4.69) is 0 Å². The second kappa shape index (κ2) is 7.30. The van der Waals surface area contributed by atoms with E-state index in [1.54, 1.807) is 0 Å². The Kier molecular flexibility index (Phi) is 5.66. The number of hydrogen-bond acceptors (Lipinski definition) is 4. The molecule has 124 valence electrons. The number of aliphatic hydroxyl groups excluding tert-OH is 1. The Balaban J connectivity index is 2.38. The molecular formula is C15H19F3O4. The van der Waals surface area contributed by atoms with E-state index in [0.717, 1.165) is 18.1 Å². The van der Waals surface area contributed by atoms with Crippen LogP contribution in [0.4, 0.5) is 13.2 Å².